The summed E-state index contributed by atoms with van der Waals surface area (Å²) in [7, 11) is 0. The molecule has 0 aromatic heterocycles. The molecule has 0 spiro atoms. The predicted octanol–water partition coefficient (Wildman–Crippen LogP) is 5.95. The van der Waals surface area contributed by atoms with E-state index < -0.39 is 0 Å². The second-order valence-corrected chi connectivity index (χ2v) is 9.34. The summed E-state index contributed by atoms with van der Waals surface area (Å²) in [5.41, 5.74) is 0. The van der Waals surface area contributed by atoms with Gasteiger partial charge in [-0.25, -0.2) is 0 Å². The van der Waals surface area contributed by atoms with Gasteiger partial charge in [0.05, 0.1) is 6.10 Å². The maximum atomic E-state index is 9.66. The van der Waals surface area contributed by atoms with Crippen LogP contribution in [0.5, 0.6) is 0 Å². The van der Waals surface area contributed by atoms with E-state index in [0.29, 0.717) is 6.61 Å². The fourth-order valence-electron chi connectivity index (χ4n) is 5.58. The lowest BCUT2D eigenvalue weighted by molar-refractivity contribution is 0.0673. The Balaban J connectivity index is 0.000000399. The number of rotatable bonds is 4. The SMILES string of the molecule is CC1CCC(C2CCC(C3CCC(O)CC3)CC2)CC1.CCCCO. The van der Waals surface area contributed by atoms with Crippen LogP contribution in [-0.2, 0) is 0 Å². The molecular formula is C23H44O2. The highest BCUT2D eigenvalue weighted by Crippen LogP contribution is 2.45. The first-order valence-electron chi connectivity index (χ1n) is 11.4. The van der Waals surface area contributed by atoms with Gasteiger partial charge in [0.25, 0.3) is 0 Å². The van der Waals surface area contributed by atoms with Crippen LogP contribution in [0.4, 0.5) is 0 Å². The summed E-state index contributed by atoms with van der Waals surface area (Å²) in [5.74, 6) is 5.08. The third-order valence-electron chi connectivity index (χ3n) is 7.46. The van der Waals surface area contributed by atoms with Gasteiger partial charge in [-0.2, -0.15) is 0 Å². The second kappa shape index (κ2) is 11.6. The van der Waals surface area contributed by atoms with Gasteiger partial charge in [-0.15, -0.1) is 0 Å². The molecule has 25 heavy (non-hydrogen) atoms. The Morgan fingerprint density at radius 2 is 1.00 bits per heavy atom. The first-order chi connectivity index (χ1) is 12.1. The molecule has 2 nitrogen and oxygen atoms in total. The van der Waals surface area contributed by atoms with Crippen molar-refractivity contribution in [3.05, 3.63) is 0 Å². The van der Waals surface area contributed by atoms with E-state index in [1.807, 2.05) is 0 Å². The zero-order valence-corrected chi connectivity index (χ0v) is 17.0. The van der Waals surface area contributed by atoms with Gasteiger partial charge < -0.3 is 10.2 Å². The number of hydrogen-bond acceptors (Lipinski definition) is 2. The smallest absolute Gasteiger partial charge is 0.0540 e. The molecule has 2 N–H and O–H groups in total. The molecule has 3 rings (SSSR count). The van der Waals surface area contributed by atoms with E-state index in [1.54, 1.807) is 0 Å². The van der Waals surface area contributed by atoms with E-state index in [4.69, 9.17) is 5.11 Å². The summed E-state index contributed by atoms with van der Waals surface area (Å²) < 4.78 is 0. The van der Waals surface area contributed by atoms with Gasteiger partial charge in [0.1, 0.15) is 0 Å². The molecule has 3 aliphatic carbocycles. The van der Waals surface area contributed by atoms with Crippen LogP contribution in [0.3, 0.4) is 0 Å². The predicted molar refractivity (Wildman–Crippen MR) is 107 cm³/mol. The molecule has 0 aliphatic heterocycles. The van der Waals surface area contributed by atoms with Crippen molar-refractivity contribution in [2.45, 2.75) is 110 Å². The van der Waals surface area contributed by atoms with E-state index in [0.717, 1.165) is 55.3 Å². The number of aliphatic hydroxyl groups is 2. The Morgan fingerprint density at radius 1 is 0.640 bits per heavy atom. The van der Waals surface area contributed by atoms with Crippen LogP contribution in [0, 0.1) is 29.6 Å². The molecule has 0 saturated heterocycles. The van der Waals surface area contributed by atoms with Gasteiger partial charge in [-0.1, -0.05) is 33.1 Å². The molecule has 0 aromatic rings. The monoisotopic (exact) mass is 352 g/mol. The number of aliphatic hydroxyl groups excluding tert-OH is 2. The van der Waals surface area contributed by atoms with E-state index in [9.17, 15) is 5.11 Å². The highest BCUT2D eigenvalue weighted by atomic mass is 16.3. The lowest BCUT2D eigenvalue weighted by atomic mass is 9.66. The minimum atomic E-state index is 0.0202. The van der Waals surface area contributed by atoms with Crippen molar-refractivity contribution in [1.29, 1.82) is 0 Å². The first kappa shape index (κ1) is 21.2. The molecule has 0 amide bonds. The van der Waals surface area contributed by atoms with E-state index in [2.05, 4.69) is 13.8 Å². The minimum absolute atomic E-state index is 0.0202. The van der Waals surface area contributed by atoms with E-state index in [1.165, 1.54) is 64.2 Å². The average Bonchev–Trinajstić information content (AvgIpc) is 2.64. The van der Waals surface area contributed by atoms with Crippen LogP contribution in [0.1, 0.15) is 104 Å². The molecule has 0 radical (unpaired) electrons. The molecule has 0 atom stereocenters. The molecule has 3 saturated carbocycles. The summed E-state index contributed by atoms with van der Waals surface area (Å²) in [5, 5.41) is 17.7. The van der Waals surface area contributed by atoms with Crippen molar-refractivity contribution >= 4 is 0 Å². The molecule has 0 unspecified atom stereocenters. The Bertz CT molecular complexity index is 287. The van der Waals surface area contributed by atoms with Gasteiger partial charge in [-0.05, 0) is 100 Å². The molecule has 2 heteroatoms. The zero-order valence-electron chi connectivity index (χ0n) is 17.0. The van der Waals surface area contributed by atoms with Crippen molar-refractivity contribution in [3.63, 3.8) is 0 Å². The lowest BCUT2D eigenvalue weighted by Gasteiger charge is -2.40. The normalized spacial score (nSPS) is 39.4. The largest absolute Gasteiger partial charge is 0.396 e. The maximum absolute atomic E-state index is 9.66. The third kappa shape index (κ3) is 7.21. The summed E-state index contributed by atoms with van der Waals surface area (Å²) in [6, 6.07) is 0. The van der Waals surface area contributed by atoms with Crippen LogP contribution in [0.15, 0.2) is 0 Å². The molecule has 0 aromatic carbocycles. The molecule has 0 bridgehead atoms. The van der Waals surface area contributed by atoms with Gasteiger partial charge >= 0.3 is 0 Å². The van der Waals surface area contributed by atoms with Crippen molar-refractivity contribution < 1.29 is 10.2 Å². The first-order valence-corrected chi connectivity index (χ1v) is 11.4. The van der Waals surface area contributed by atoms with Gasteiger partial charge in [0, 0.05) is 6.61 Å². The third-order valence-corrected chi connectivity index (χ3v) is 7.46. The minimum Gasteiger partial charge on any atom is -0.396 e. The van der Waals surface area contributed by atoms with Crippen molar-refractivity contribution in [3.8, 4) is 0 Å². The van der Waals surface area contributed by atoms with Crippen molar-refractivity contribution in [1.82, 2.24) is 0 Å². The summed E-state index contributed by atoms with van der Waals surface area (Å²) in [6.45, 7) is 4.83. The second-order valence-electron chi connectivity index (χ2n) is 9.34. The number of hydrogen-bond donors (Lipinski definition) is 2. The van der Waals surface area contributed by atoms with Crippen LogP contribution < -0.4 is 0 Å². The standard InChI is InChI=1S/C19H34O.C4H10O/c1-14-2-4-15(5-3-14)16-6-8-17(9-7-16)18-10-12-19(20)13-11-18;1-2-3-4-5/h14-20H,2-13H2,1H3;5H,2-4H2,1H3. The van der Waals surface area contributed by atoms with Crippen LogP contribution in [0.25, 0.3) is 0 Å². The number of unbranched alkanes of at least 4 members (excludes halogenated alkanes) is 1. The van der Waals surface area contributed by atoms with Crippen molar-refractivity contribution in [2.75, 3.05) is 6.61 Å². The highest BCUT2D eigenvalue weighted by Gasteiger charge is 2.33. The Kier molecular flexibility index (Phi) is 9.84. The Labute approximate surface area is 156 Å². The molecule has 0 heterocycles. The summed E-state index contributed by atoms with van der Waals surface area (Å²) in [4.78, 5) is 0. The Hall–Kier alpha value is -0.0800. The molecule has 148 valence electrons. The zero-order chi connectivity index (χ0) is 18.1. The molecule has 3 fully saturated rings. The fourth-order valence-corrected chi connectivity index (χ4v) is 5.58. The van der Waals surface area contributed by atoms with Gasteiger partial charge in [0.2, 0.25) is 0 Å². The highest BCUT2D eigenvalue weighted by molar-refractivity contribution is 4.85. The summed E-state index contributed by atoms with van der Waals surface area (Å²) in [6.07, 6.45) is 18.9. The van der Waals surface area contributed by atoms with Crippen LogP contribution in [-0.4, -0.2) is 22.9 Å². The topological polar surface area (TPSA) is 40.5 Å². The molecule has 3 aliphatic rings. The Morgan fingerprint density at radius 3 is 1.32 bits per heavy atom. The van der Waals surface area contributed by atoms with Gasteiger partial charge in [0.15, 0.2) is 0 Å². The average molecular weight is 353 g/mol. The van der Waals surface area contributed by atoms with E-state index >= 15 is 0 Å². The van der Waals surface area contributed by atoms with Crippen LogP contribution >= 0.6 is 0 Å². The van der Waals surface area contributed by atoms with Crippen LogP contribution in [0.2, 0.25) is 0 Å². The molecular weight excluding hydrogens is 308 g/mol. The maximum Gasteiger partial charge on any atom is 0.0540 e. The van der Waals surface area contributed by atoms with Gasteiger partial charge in [-0.3, -0.25) is 0 Å². The van der Waals surface area contributed by atoms with Crippen molar-refractivity contribution in [2.24, 2.45) is 29.6 Å². The quantitative estimate of drug-likeness (QED) is 0.656. The lowest BCUT2D eigenvalue weighted by Crippen LogP contribution is -2.30. The fraction of sp³-hybridized carbons (Fsp3) is 1.00. The summed E-state index contributed by atoms with van der Waals surface area (Å²) >= 11 is 0. The van der Waals surface area contributed by atoms with E-state index in [-0.39, 0.29) is 6.10 Å².